The Kier molecular flexibility index (Phi) is 5.43. The van der Waals surface area contributed by atoms with Crippen molar-refractivity contribution in [3.8, 4) is 0 Å². The third-order valence-corrected chi connectivity index (χ3v) is 5.88. The monoisotopic (exact) mass is 402 g/mol. The summed E-state index contributed by atoms with van der Waals surface area (Å²) in [4.78, 5) is 34.5. The molecule has 2 atom stereocenters. The molecule has 1 aromatic carbocycles. The number of rotatable bonds is 3. The van der Waals surface area contributed by atoms with Gasteiger partial charge in [0.05, 0.1) is 12.5 Å². The fraction of sp³-hybridized carbons (Fsp3) is 0.571. The Balaban J connectivity index is 1.34. The van der Waals surface area contributed by atoms with Gasteiger partial charge in [-0.1, -0.05) is 5.16 Å². The van der Waals surface area contributed by atoms with Crippen molar-refractivity contribution in [1.82, 2.24) is 15.1 Å². The van der Waals surface area contributed by atoms with Gasteiger partial charge in [0.2, 0.25) is 5.91 Å². The third-order valence-electron chi connectivity index (χ3n) is 5.88. The molecular weight excluding hydrogens is 375 g/mol. The van der Waals surface area contributed by atoms with E-state index in [0.717, 1.165) is 31.8 Å². The Morgan fingerprint density at radius 2 is 1.86 bits per heavy atom. The number of piperidine rings is 1. The SMILES string of the molecule is CC(C)NC(=O)C1CCN(C2=NOC3CN(C(=O)c4ccc(F)cc4)CC23)CC1. The maximum atomic E-state index is 13.1. The summed E-state index contributed by atoms with van der Waals surface area (Å²) in [6.45, 7) is 6.46. The van der Waals surface area contributed by atoms with Crippen LogP contribution in [0.3, 0.4) is 0 Å². The van der Waals surface area contributed by atoms with Crippen molar-refractivity contribution in [2.24, 2.45) is 17.0 Å². The van der Waals surface area contributed by atoms with E-state index in [1.807, 2.05) is 13.8 Å². The van der Waals surface area contributed by atoms with Gasteiger partial charge in [-0.2, -0.15) is 0 Å². The Morgan fingerprint density at radius 3 is 2.52 bits per heavy atom. The van der Waals surface area contributed by atoms with E-state index in [-0.39, 0.29) is 41.6 Å². The van der Waals surface area contributed by atoms with E-state index in [1.54, 1.807) is 4.90 Å². The number of hydrogen-bond donors (Lipinski definition) is 1. The second kappa shape index (κ2) is 8.00. The molecule has 2 fully saturated rings. The molecule has 0 aromatic heterocycles. The molecule has 7 nitrogen and oxygen atoms in total. The number of amides is 2. The van der Waals surface area contributed by atoms with Crippen LogP contribution in [-0.2, 0) is 9.63 Å². The van der Waals surface area contributed by atoms with Crippen LogP contribution in [0.25, 0.3) is 0 Å². The van der Waals surface area contributed by atoms with Gasteiger partial charge in [-0.25, -0.2) is 4.39 Å². The van der Waals surface area contributed by atoms with Crippen LogP contribution in [0.5, 0.6) is 0 Å². The number of likely N-dealkylation sites (tertiary alicyclic amines) is 2. The molecule has 2 amide bonds. The largest absolute Gasteiger partial charge is 0.388 e. The molecular formula is C21H27FN4O3. The fourth-order valence-electron chi connectivity index (χ4n) is 4.32. The lowest BCUT2D eigenvalue weighted by Crippen LogP contribution is -2.46. The Morgan fingerprint density at radius 1 is 1.17 bits per heavy atom. The molecule has 3 aliphatic heterocycles. The molecule has 0 radical (unpaired) electrons. The fourth-order valence-corrected chi connectivity index (χ4v) is 4.32. The number of nitrogens with zero attached hydrogens (tertiary/aromatic N) is 3. The number of amidine groups is 1. The summed E-state index contributed by atoms with van der Waals surface area (Å²) >= 11 is 0. The predicted molar refractivity (Wildman–Crippen MR) is 106 cm³/mol. The molecule has 2 unspecified atom stereocenters. The lowest BCUT2D eigenvalue weighted by Gasteiger charge is -2.34. The van der Waals surface area contributed by atoms with Crippen LogP contribution in [0.4, 0.5) is 4.39 Å². The van der Waals surface area contributed by atoms with Crippen LogP contribution in [0.2, 0.25) is 0 Å². The van der Waals surface area contributed by atoms with Crippen molar-refractivity contribution in [1.29, 1.82) is 0 Å². The number of carbonyl (C=O) groups is 2. The van der Waals surface area contributed by atoms with E-state index in [4.69, 9.17) is 4.84 Å². The first-order valence-corrected chi connectivity index (χ1v) is 10.3. The van der Waals surface area contributed by atoms with Gasteiger partial charge < -0.3 is 20.0 Å². The first-order valence-electron chi connectivity index (χ1n) is 10.3. The highest BCUT2D eigenvalue weighted by Gasteiger charge is 2.46. The number of carbonyl (C=O) groups excluding carboxylic acids is 2. The summed E-state index contributed by atoms with van der Waals surface area (Å²) in [5.41, 5.74) is 0.474. The van der Waals surface area contributed by atoms with Gasteiger partial charge in [0.25, 0.3) is 5.91 Å². The zero-order chi connectivity index (χ0) is 20.5. The third kappa shape index (κ3) is 4.06. The summed E-state index contributed by atoms with van der Waals surface area (Å²) in [6.07, 6.45) is 1.43. The lowest BCUT2D eigenvalue weighted by atomic mass is 9.94. The molecule has 3 heterocycles. The molecule has 4 rings (SSSR count). The standard InChI is InChI=1S/C21H27FN4O3/c1-13(2)23-20(27)14-7-9-25(10-8-14)19-17-11-26(12-18(17)29-24-19)21(28)15-3-5-16(22)6-4-15/h3-6,13-14,17-18H,7-12H2,1-2H3,(H,23,27). The highest BCUT2D eigenvalue weighted by molar-refractivity contribution is 5.95. The van der Waals surface area contributed by atoms with E-state index in [2.05, 4.69) is 15.4 Å². The van der Waals surface area contributed by atoms with E-state index in [0.29, 0.717) is 18.7 Å². The quantitative estimate of drug-likeness (QED) is 0.837. The molecule has 1 aromatic rings. The summed E-state index contributed by atoms with van der Waals surface area (Å²) in [5.74, 6) is 0.605. The van der Waals surface area contributed by atoms with Crippen LogP contribution < -0.4 is 5.32 Å². The van der Waals surface area contributed by atoms with Gasteiger partial charge in [-0.3, -0.25) is 9.59 Å². The van der Waals surface area contributed by atoms with E-state index >= 15 is 0 Å². The number of hydrogen-bond acceptors (Lipinski definition) is 5. The van der Waals surface area contributed by atoms with E-state index < -0.39 is 0 Å². The average molecular weight is 402 g/mol. The normalized spacial score (nSPS) is 24.3. The number of nitrogens with one attached hydrogen (secondary N) is 1. The zero-order valence-corrected chi connectivity index (χ0v) is 16.8. The molecule has 1 N–H and O–H groups in total. The number of oxime groups is 1. The molecule has 8 heteroatoms. The predicted octanol–water partition coefficient (Wildman–Crippen LogP) is 1.85. The van der Waals surface area contributed by atoms with Crippen molar-refractivity contribution in [2.45, 2.75) is 38.8 Å². The first kappa shape index (κ1) is 19.7. The topological polar surface area (TPSA) is 74.2 Å². The van der Waals surface area contributed by atoms with Crippen molar-refractivity contribution < 1.29 is 18.8 Å². The van der Waals surface area contributed by atoms with Gasteiger partial charge in [0, 0.05) is 37.2 Å². The summed E-state index contributed by atoms with van der Waals surface area (Å²) in [5, 5.41) is 7.29. The lowest BCUT2D eigenvalue weighted by molar-refractivity contribution is -0.126. The minimum Gasteiger partial charge on any atom is -0.388 e. The van der Waals surface area contributed by atoms with E-state index in [9.17, 15) is 14.0 Å². The van der Waals surface area contributed by atoms with Crippen LogP contribution in [0.15, 0.2) is 29.4 Å². The smallest absolute Gasteiger partial charge is 0.254 e. The Labute approximate surface area is 169 Å². The van der Waals surface area contributed by atoms with Crippen LogP contribution in [0.1, 0.15) is 37.0 Å². The average Bonchev–Trinajstić information content (AvgIpc) is 3.28. The van der Waals surface area contributed by atoms with Gasteiger partial charge in [-0.05, 0) is 51.0 Å². The number of benzene rings is 1. The molecule has 156 valence electrons. The maximum absolute atomic E-state index is 13.1. The van der Waals surface area contributed by atoms with Crippen molar-refractivity contribution >= 4 is 17.6 Å². The summed E-state index contributed by atoms with van der Waals surface area (Å²) in [7, 11) is 0. The molecule has 3 aliphatic rings. The van der Waals surface area contributed by atoms with Crippen molar-refractivity contribution in [2.75, 3.05) is 26.2 Å². The number of halogens is 1. The molecule has 0 saturated carbocycles. The van der Waals surface area contributed by atoms with Crippen LogP contribution >= 0.6 is 0 Å². The highest BCUT2D eigenvalue weighted by atomic mass is 19.1. The molecule has 2 saturated heterocycles. The minimum atomic E-state index is -0.358. The Hall–Kier alpha value is -2.64. The summed E-state index contributed by atoms with van der Waals surface area (Å²) < 4.78 is 13.1. The molecule has 0 aliphatic carbocycles. The van der Waals surface area contributed by atoms with Gasteiger partial charge in [-0.15, -0.1) is 0 Å². The maximum Gasteiger partial charge on any atom is 0.254 e. The van der Waals surface area contributed by atoms with Crippen LogP contribution in [-0.4, -0.2) is 65.8 Å². The van der Waals surface area contributed by atoms with Crippen molar-refractivity contribution in [3.05, 3.63) is 35.6 Å². The summed E-state index contributed by atoms with van der Waals surface area (Å²) in [6, 6.07) is 5.76. The second-order valence-electron chi connectivity index (χ2n) is 8.34. The second-order valence-corrected chi connectivity index (χ2v) is 8.34. The van der Waals surface area contributed by atoms with E-state index in [1.165, 1.54) is 24.3 Å². The zero-order valence-electron chi connectivity index (χ0n) is 16.8. The highest BCUT2D eigenvalue weighted by Crippen LogP contribution is 2.31. The van der Waals surface area contributed by atoms with Crippen molar-refractivity contribution in [3.63, 3.8) is 0 Å². The minimum absolute atomic E-state index is 0.0347. The molecule has 29 heavy (non-hydrogen) atoms. The number of fused-ring (bicyclic) bond motifs is 1. The Bertz CT molecular complexity index is 803. The van der Waals surface area contributed by atoms with Gasteiger partial charge in [0.1, 0.15) is 5.82 Å². The van der Waals surface area contributed by atoms with Crippen LogP contribution in [0, 0.1) is 17.7 Å². The molecule has 0 bridgehead atoms. The van der Waals surface area contributed by atoms with Gasteiger partial charge >= 0.3 is 0 Å². The van der Waals surface area contributed by atoms with Gasteiger partial charge in [0.15, 0.2) is 11.9 Å². The molecule has 0 spiro atoms. The first-order chi connectivity index (χ1) is 13.9.